The van der Waals surface area contributed by atoms with Crippen molar-refractivity contribution in [3.8, 4) is 11.3 Å². The number of carbonyl (C=O) groups is 1. The van der Waals surface area contributed by atoms with Crippen molar-refractivity contribution < 1.29 is 4.79 Å². The molecule has 9 nitrogen and oxygen atoms in total. The molecule has 1 saturated heterocycles. The molecule has 4 N–H and O–H groups in total. The molecule has 4 aromatic rings. The van der Waals surface area contributed by atoms with E-state index in [1.54, 1.807) is 29.5 Å². The fraction of sp³-hybridized carbons (Fsp3) is 0.227. The minimum Gasteiger partial charge on any atom is -0.383 e. The largest absolute Gasteiger partial charge is 0.383 e. The van der Waals surface area contributed by atoms with Gasteiger partial charge in [-0.05, 0) is 48.9 Å². The molecule has 1 unspecified atom stereocenters. The summed E-state index contributed by atoms with van der Waals surface area (Å²) in [6.07, 6.45) is 10.5. The summed E-state index contributed by atoms with van der Waals surface area (Å²) in [6, 6.07) is 5.58. The van der Waals surface area contributed by atoms with Crippen molar-refractivity contribution in [3.05, 3.63) is 54.7 Å². The van der Waals surface area contributed by atoms with Crippen molar-refractivity contribution in [2.24, 2.45) is 0 Å². The zero-order valence-corrected chi connectivity index (χ0v) is 17.0. The number of hydrogen-bond donors (Lipinski definition) is 3. The average Bonchev–Trinajstić information content (AvgIpc) is 3.22. The Labute approximate surface area is 178 Å². The summed E-state index contributed by atoms with van der Waals surface area (Å²) in [6.45, 7) is 2.74. The number of nitrogens with two attached hydrogens (primary N) is 1. The minimum atomic E-state index is -0.273. The predicted octanol–water partition coefficient (Wildman–Crippen LogP) is 2.97. The van der Waals surface area contributed by atoms with E-state index >= 15 is 0 Å². The Morgan fingerprint density at radius 1 is 1.26 bits per heavy atom. The second-order valence-electron chi connectivity index (χ2n) is 7.66. The third-order valence-corrected chi connectivity index (χ3v) is 5.51. The number of piperidine rings is 1. The zero-order chi connectivity index (χ0) is 21.4. The van der Waals surface area contributed by atoms with Crippen LogP contribution >= 0.6 is 0 Å². The predicted molar refractivity (Wildman–Crippen MR) is 119 cm³/mol. The van der Waals surface area contributed by atoms with Gasteiger partial charge in [-0.2, -0.15) is 5.10 Å². The number of carbonyl (C=O) groups excluding carboxylic acids is 1. The monoisotopic (exact) mass is 414 g/mol. The van der Waals surface area contributed by atoms with Crippen LogP contribution in [0.2, 0.25) is 0 Å². The first kappa shape index (κ1) is 19.0. The average molecular weight is 414 g/mol. The van der Waals surface area contributed by atoms with Crippen molar-refractivity contribution in [3.63, 3.8) is 0 Å². The second kappa shape index (κ2) is 7.67. The molecule has 1 aliphatic rings. The molecule has 5 heterocycles. The maximum absolute atomic E-state index is 12.1. The van der Waals surface area contributed by atoms with Gasteiger partial charge in [0.2, 0.25) is 5.91 Å². The third kappa shape index (κ3) is 3.65. The minimum absolute atomic E-state index is 0.00549. The quantitative estimate of drug-likeness (QED) is 0.469. The third-order valence-electron chi connectivity index (χ3n) is 5.51. The van der Waals surface area contributed by atoms with Crippen LogP contribution in [0.3, 0.4) is 0 Å². The second-order valence-corrected chi connectivity index (χ2v) is 7.66. The first-order valence-electron chi connectivity index (χ1n) is 10.1. The fourth-order valence-corrected chi connectivity index (χ4v) is 3.84. The fourth-order valence-electron chi connectivity index (χ4n) is 3.84. The maximum Gasteiger partial charge on any atom is 0.244 e. The van der Waals surface area contributed by atoms with E-state index in [9.17, 15) is 4.79 Å². The van der Waals surface area contributed by atoms with E-state index in [0.29, 0.717) is 11.6 Å². The Hall–Kier alpha value is -4.01. The number of nitrogens with zero attached hydrogens (tertiary/aromatic N) is 5. The van der Waals surface area contributed by atoms with Gasteiger partial charge in [-0.1, -0.05) is 0 Å². The standard InChI is InChI=1S/C22H22N8O/c1-13-4-6-24-10-16(13)18-7-14-8-20(26-11-17(14)21(23)29-18)28-15-9-27-30(12-15)19-3-2-5-25-22(19)31/h4,6-12,19H,2-3,5H2,1H3,(H2,23,29)(H,25,31)(H,26,28). The lowest BCUT2D eigenvalue weighted by Gasteiger charge is -2.21. The van der Waals surface area contributed by atoms with E-state index in [0.717, 1.165) is 52.7 Å². The van der Waals surface area contributed by atoms with Crippen LogP contribution in [0.1, 0.15) is 24.4 Å². The zero-order valence-electron chi connectivity index (χ0n) is 17.0. The number of nitrogen functional groups attached to an aromatic ring is 1. The number of rotatable bonds is 4. The number of pyridine rings is 3. The smallest absolute Gasteiger partial charge is 0.244 e. The summed E-state index contributed by atoms with van der Waals surface area (Å²) in [7, 11) is 0. The number of aryl methyl sites for hydroxylation is 1. The van der Waals surface area contributed by atoms with Crippen LogP contribution in [0.15, 0.2) is 49.2 Å². The van der Waals surface area contributed by atoms with E-state index < -0.39 is 0 Å². The maximum atomic E-state index is 12.1. The molecule has 156 valence electrons. The van der Waals surface area contributed by atoms with Gasteiger partial charge in [-0.3, -0.25) is 14.5 Å². The Morgan fingerprint density at radius 3 is 3.00 bits per heavy atom. The molecule has 0 aliphatic carbocycles. The molecule has 1 amide bonds. The van der Waals surface area contributed by atoms with Gasteiger partial charge in [0.25, 0.3) is 0 Å². The highest BCUT2D eigenvalue weighted by Crippen LogP contribution is 2.29. The first-order chi connectivity index (χ1) is 15.1. The van der Waals surface area contributed by atoms with Gasteiger partial charge < -0.3 is 16.4 Å². The molecule has 9 heteroatoms. The van der Waals surface area contributed by atoms with E-state index in [4.69, 9.17) is 5.73 Å². The molecular weight excluding hydrogens is 392 g/mol. The molecule has 4 aromatic heterocycles. The summed E-state index contributed by atoms with van der Waals surface area (Å²) in [5, 5.41) is 12.2. The normalized spacial score (nSPS) is 16.3. The highest BCUT2D eigenvalue weighted by atomic mass is 16.2. The lowest BCUT2D eigenvalue weighted by Crippen LogP contribution is -2.38. The Morgan fingerprint density at radius 2 is 2.16 bits per heavy atom. The van der Waals surface area contributed by atoms with Crippen LogP contribution in [0.5, 0.6) is 0 Å². The summed E-state index contributed by atoms with van der Waals surface area (Å²) in [5.41, 5.74) is 9.75. The highest BCUT2D eigenvalue weighted by molar-refractivity contribution is 5.94. The lowest BCUT2D eigenvalue weighted by molar-refractivity contribution is -0.126. The first-order valence-corrected chi connectivity index (χ1v) is 10.1. The molecule has 0 aromatic carbocycles. The molecule has 1 aliphatic heterocycles. The lowest BCUT2D eigenvalue weighted by atomic mass is 10.1. The molecule has 0 bridgehead atoms. The van der Waals surface area contributed by atoms with Crippen molar-refractivity contribution in [2.75, 3.05) is 17.6 Å². The molecule has 0 radical (unpaired) electrons. The Bertz CT molecular complexity index is 1280. The Kier molecular flexibility index (Phi) is 4.70. The van der Waals surface area contributed by atoms with Gasteiger partial charge in [0.05, 0.1) is 17.6 Å². The molecular formula is C22H22N8O. The number of fused-ring (bicyclic) bond motifs is 1. The van der Waals surface area contributed by atoms with Gasteiger partial charge in [0, 0.05) is 42.3 Å². The number of hydrogen-bond acceptors (Lipinski definition) is 7. The number of aromatic nitrogens is 5. The van der Waals surface area contributed by atoms with Gasteiger partial charge in [-0.25, -0.2) is 9.97 Å². The van der Waals surface area contributed by atoms with Crippen molar-refractivity contribution in [1.29, 1.82) is 0 Å². The SMILES string of the molecule is Cc1ccncc1-c1cc2cc(Nc3cnn(C4CCCNC4=O)c3)ncc2c(N)n1. The van der Waals surface area contributed by atoms with E-state index in [2.05, 4.69) is 30.7 Å². The summed E-state index contributed by atoms with van der Waals surface area (Å²) < 4.78 is 1.70. The number of anilines is 3. The molecule has 5 rings (SSSR count). The van der Waals surface area contributed by atoms with Crippen LogP contribution in [-0.4, -0.2) is 37.2 Å². The van der Waals surface area contributed by atoms with Gasteiger partial charge in [0.1, 0.15) is 17.7 Å². The van der Waals surface area contributed by atoms with Crippen molar-refractivity contribution >= 4 is 34.0 Å². The Balaban J connectivity index is 1.45. The molecule has 1 atom stereocenters. The van der Waals surface area contributed by atoms with Gasteiger partial charge in [0.15, 0.2) is 0 Å². The van der Waals surface area contributed by atoms with Crippen LogP contribution < -0.4 is 16.4 Å². The van der Waals surface area contributed by atoms with Gasteiger partial charge in [-0.15, -0.1) is 0 Å². The molecule has 31 heavy (non-hydrogen) atoms. The van der Waals surface area contributed by atoms with Crippen LogP contribution in [0.4, 0.5) is 17.3 Å². The van der Waals surface area contributed by atoms with E-state index in [-0.39, 0.29) is 11.9 Å². The van der Waals surface area contributed by atoms with E-state index in [1.807, 2.05) is 31.3 Å². The topological polar surface area (TPSA) is 124 Å². The van der Waals surface area contributed by atoms with Crippen molar-refractivity contribution in [2.45, 2.75) is 25.8 Å². The molecule has 0 spiro atoms. The van der Waals surface area contributed by atoms with Crippen LogP contribution in [-0.2, 0) is 4.79 Å². The number of nitrogens with one attached hydrogen (secondary N) is 2. The van der Waals surface area contributed by atoms with E-state index in [1.165, 1.54) is 0 Å². The van der Waals surface area contributed by atoms with Gasteiger partial charge >= 0.3 is 0 Å². The molecule has 0 saturated carbocycles. The summed E-state index contributed by atoms with van der Waals surface area (Å²) in [4.78, 5) is 25.3. The van der Waals surface area contributed by atoms with Crippen molar-refractivity contribution in [1.82, 2.24) is 30.0 Å². The van der Waals surface area contributed by atoms with Crippen LogP contribution in [0, 0.1) is 6.92 Å². The summed E-state index contributed by atoms with van der Waals surface area (Å²) in [5.74, 6) is 1.08. The highest BCUT2D eigenvalue weighted by Gasteiger charge is 2.24. The van der Waals surface area contributed by atoms with Crippen LogP contribution in [0.25, 0.3) is 22.0 Å². The summed E-state index contributed by atoms with van der Waals surface area (Å²) >= 11 is 0. The molecule has 1 fully saturated rings. The number of amides is 1.